The van der Waals surface area contributed by atoms with Crippen LogP contribution in [0.25, 0.3) is 61.5 Å². The number of rotatable bonds is 5. The van der Waals surface area contributed by atoms with Crippen molar-refractivity contribution in [2.24, 2.45) is 5.92 Å². The molecule has 2 aromatic heterocycles. The standard InChI is InChI=1S/C37H26N4O3/c1-22-20-25(16-18-27(22)34-38-39-35(43-34)30-14-6-10-23-8-2-4-12-28(23)30)26-17-19-32(33(42)21-26)37-41-40-36(44-37)31-15-7-11-24-9-3-5-13-29(24)31/h2-22,27,42H,1H3. The predicted octanol–water partition coefficient (Wildman–Crippen LogP) is 8.84. The lowest BCUT2D eigenvalue weighted by molar-refractivity contribution is 0.447. The van der Waals surface area contributed by atoms with Gasteiger partial charge in [-0.15, -0.1) is 20.4 Å². The molecule has 2 unspecified atom stereocenters. The summed E-state index contributed by atoms with van der Waals surface area (Å²) >= 11 is 0. The number of fused-ring (bicyclic) bond motifs is 2. The Kier molecular flexibility index (Phi) is 6.15. The van der Waals surface area contributed by atoms with E-state index in [1.165, 1.54) is 0 Å². The molecular weight excluding hydrogens is 548 g/mol. The van der Waals surface area contributed by atoms with E-state index in [-0.39, 0.29) is 23.5 Å². The van der Waals surface area contributed by atoms with Crippen molar-refractivity contribution < 1.29 is 13.9 Å². The maximum absolute atomic E-state index is 11.0. The molecule has 0 bridgehead atoms. The van der Waals surface area contributed by atoms with Gasteiger partial charge in [-0.05, 0) is 62.9 Å². The van der Waals surface area contributed by atoms with Crippen LogP contribution >= 0.6 is 0 Å². The molecule has 44 heavy (non-hydrogen) atoms. The highest BCUT2D eigenvalue weighted by atomic mass is 16.4. The van der Waals surface area contributed by atoms with Gasteiger partial charge in [0.05, 0.1) is 11.5 Å². The monoisotopic (exact) mass is 574 g/mol. The molecule has 1 aliphatic carbocycles. The Labute approximate surface area is 252 Å². The van der Waals surface area contributed by atoms with Crippen molar-refractivity contribution in [2.75, 3.05) is 0 Å². The Hall–Kier alpha value is -5.82. The number of hydrogen-bond acceptors (Lipinski definition) is 7. The van der Waals surface area contributed by atoms with Crippen LogP contribution in [-0.2, 0) is 0 Å². The molecule has 0 saturated heterocycles. The highest BCUT2D eigenvalue weighted by molar-refractivity contribution is 5.95. The third kappa shape index (κ3) is 4.46. The van der Waals surface area contributed by atoms with Crippen LogP contribution in [0.3, 0.4) is 0 Å². The molecule has 0 fully saturated rings. The van der Waals surface area contributed by atoms with Gasteiger partial charge in [-0.2, -0.15) is 0 Å². The smallest absolute Gasteiger partial charge is 0.251 e. The van der Waals surface area contributed by atoms with Gasteiger partial charge in [0, 0.05) is 11.1 Å². The van der Waals surface area contributed by atoms with Crippen molar-refractivity contribution in [2.45, 2.75) is 12.8 Å². The fraction of sp³-hybridized carbons (Fsp3) is 0.0811. The minimum atomic E-state index is -0.0614. The number of phenolic OH excluding ortho intramolecular Hbond substituents is 1. The molecule has 0 radical (unpaired) electrons. The zero-order valence-corrected chi connectivity index (χ0v) is 23.8. The van der Waals surface area contributed by atoms with Gasteiger partial charge >= 0.3 is 0 Å². The molecule has 7 heteroatoms. The summed E-state index contributed by atoms with van der Waals surface area (Å²) in [5.41, 5.74) is 4.12. The van der Waals surface area contributed by atoms with Gasteiger partial charge in [0.25, 0.3) is 5.89 Å². The molecule has 8 rings (SSSR count). The van der Waals surface area contributed by atoms with Gasteiger partial charge in [-0.3, -0.25) is 0 Å². The Balaban J connectivity index is 1.03. The zero-order chi connectivity index (χ0) is 29.6. The second-order valence-electron chi connectivity index (χ2n) is 11.0. The highest BCUT2D eigenvalue weighted by Gasteiger charge is 2.26. The molecule has 2 atom stereocenters. The third-order valence-corrected chi connectivity index (χ3v) is 8.24. The SMILES string of the molecule is CC1C=C(c2ccc(-c3nnc(-c4cccc5ccccc45)o3)c(O)c2)C=CC1c1nnc(-c2cccc3ccccc23)o1. The summed E-state index contributed by atoms with van der Waals surface area (Å²) in [7, 11) is 0. The molecule has 212 valence electrons. The predicted molar refractivity (Wildman–Crippen MR) is 171 cm³/mol. The average molecular weight is 575 g/mol. The molecule has 0 spiro atoms. The molecular formula is C37H26N4O3. The van der Waals surface area contributed by atoms with E-state index < -0.39 is 0 Å². The van der Waals surface area contributed by atoms with Gasteiger partial charge in [0.1, 0.15) is 5.75 Å². The van der Waals surface area contributed by atoms with Gasteiger partial charge < -0.3 is 13.9 Å². The number of aromatic hydroxyl groups is 1. The Morgan fingerprint density at radius 2 is 1.20 bits per heavy atom. The Morgan fingerprint density at radius 1 is 0.614 bits per heavy atom. The summed E-state index contributed by atoms with van der Waals surface area (Å²) in [5, 5.41) is 32.6. The number of nitrogens with zero attached hydrogens (tertiary/aromatic N) is 4. The Morgan fingerprint density at radius 3 is 1.86 bits per heavy atom. The van der Waals surface area contributed by atoms with Crippen molar-refractivity contribution in [3.05, 3.63) is 133 Å². The van der Waals surface area contributed by atoms with Gasteiger partial charge in [-0.1, -0.05) is 104 Å². The maximum atomic E-state index is 11.0. The summed E-state index contributed by atoms with van der Waals surface area (Å²) in [6.07, 6.45) is 6.28. The largest absolute Gasteiger partial charge is 0.507 e. The summed E-state index contributed by atoms with van der Waals surface area (Å²) in [5.74, 6) is 1.85. The summed E-state index contributed by atoms with van der Waals surface area (Å²) in [6.45, 7) is 2.12. The molecule has 0 aliphatic heterocycles. The summed E-state index contributed by atoms with van der Waals surface area (Å²) in [4.78, 5) is 0. The van der Waals surface area contributed by atoms with Crippen LogP contribution in [0.5, 0.6) is 5.75 Å². The molecule has 2 heterocycles. The van der Waals surface area contributed by atoms with E-state index in [2.05, 4.69) is 57.7 Å². The van der Waals surface area contributed by atoms with Gasteiger partial charge in [-0.25, -0.2) is 0 Å². The number of phenols is 1. The first kappa shape index (κ1) is 25.9. The zero-order valence-electron chi connectivity index (χ0n) is 23.8. The van der Waals surface area contributed by atoms with Crippen molar-refractivity contribution in [1.29, 1.82) is 0 Å². The minimum absolute atomic E-state index is 0.0614. The van der Waals surface area contributed by atoms with Gasteiger partial charge in [0.2, 0.25) is 17.7 Å². The fourth-order valence-electron chi connectivity index (χ4n) is 5.96. The maximum Gasteiger partial charge on any atom is 0.251 e. The molecule has 1 aliphatic rings. The van der Waals surface area contributed by atoms with E-state index in [9.17, 15) is 5.11 Å². The lowest BCUT2D eigenvalue weighted by Gasteiger charge is -2.20. The first-order valence-electron chi connectivity index (χ1n) is 14.5. The summed E-state index contributed by atoms with van der Waals surface area (Å²) < 4.78 is 12.2. The quantitative estimate of drug-likeness (QED) is 0.219. The van der Waals surface area contributed by atoms with E-state index >= 15 is 0 Å². The van der Waals surface area contributed by atoms with Crippen LogP contribution in [0.4, 0.5) is 0 Å². The topological polar surface area (TPSA) is 98.1 Å². The van der Waals surface area contributed by atoms with Crippen LogP contribution in [-0.4, -0.2) is 25.5 Å². The summed E-state index contributed by atoms with van der Waals surface area (Å²) in [6, 6.07) is 33.8. The second-order valence-corrected chi connectivity index (χ2v) is 11.0. The highest BCUT2D eigenvalue weighted by Crippen LogP contribution is 2.39. The van der Waals surface area contributed by atoms with Crippen molar-refractivity contribution in [3.8, 4) is 40.1 Å². The average Bonchev–Trinajstić information content (AvgIpc) is 3.75. The molecule has 1 N–H and O–H groups in total. The van der Waals surface area contributed by atoms with Crippen LogP contribution in [0.1, 0.15) is 24.3 Å². The number of aromatic nitrogens is 4. The first-order chi connectivity index (χ1) is 21.6. The molecule has 0 amide bonds. The van der Waals surface area contributed by atoms with E-state index in [0.29, 0.717) is 23.2 Å². The van der Waals surface area contributed by atoms with E-state index in [4.69, 9.17) is 8.83 Å². The Bertz CT molecular complexity index is 2230. The first-order valence-corrected chi connectivity index (χ1v) is 14.5. The van der Waals surface area contributed by atoms with Crippen molar-refractivity contribution in [1.82, 2.24) is 20.4 Å². The second kappa shape index (κ2) is 10.5. The lowest BCUT2D eigenvalue weighted by Crippen LogP contribution is -2.09. The minimum Gasteiger partial charge on any atom is -0.507 e. The molecule has 7 nitrogen and oxygen atoms in total. The fourth-order valence-corrected chi connectivity index (χ4v) is 5.96. The molecule has 0 saturated carbocycles. The lowest BCUT2D eigenvalue weighted by atomic mass is 9.85. The van der Waals surface area contributed by atoms with E-state index in [1.54, 1.807) is 6.07 Å². The number of allylic oxidation sites excluding steroid dienone is 4. The van der Waals surface area contributed by atoms with Crippen LogP contribution in [0.15, 0.2) is 130 Å². The van der Waals surface area contributed by atoms with E-state index in [1.807, 2.05) is 84.9 Å². The van der Waals surface area contributed by atoms with Gasteiger partial charge in [0.15, 0.2) is 0 Å². The van der Waals surface area contributed by atoms with Crippen LogP contribution in [0, 0.1) is 5.92 Å². The number of benzene rings is 5. The number of hydrogen-bond donors (Lipinski definition) is 1. The van der Waals surface area contributed by atoms with E-state index in [0.717, 1.165) is 43.8 Å². The van der Waals surface area contributed by atoms with Crippen molar-refractivity contribution >= 4 is 27.1 Å². The van der Waals surface area contributed by atoms with Crippen molar-refractivity contribution in [3.63, 3.8) is 0 Å². The molecule has 5 aromatic carbocycles. The molecule has 7 aromatic rings. The normalized spacial score (nSPS) is 16.4. The van der Waals surface area contributed by atoms with Crippen LogP contribution < -0.4 is 0 Å². The third-order valence-electron chi connectivity index (χ3n) is 8.24. The van der Waals surface area contributed by atoms with Crippen LogP contribution in [0.2, 0.25) is 0 Å².